The van der Waals surface area contributed by atoms with Crippen LogP contribution in [-0.2, 0) is 0 Å². The quantitative estimate of drug-likeness (QED) is 0.526. The van der Waals surface area contributed by atoms with Crippen LogP contribution < -0.4 is 0 Å². The van der Waals surface area contributed by atoms with Gasteiger partial charge < -0.3 is 5.11 Å². The molecular formula is C10H20OSi. The first kappa shape index (κ1) is 11.7. The molecule has 0 spiro atoms. The Morgan fingerprint density at radius 3 is 2.25 bits per heavy atom. The predicted octanol–water partition coefficient (Wildman–Crippen LogP) is 2.60. The normalized spacial score (nSPS) is 15.9. The minimum atomic E-state index is -1.15. The van der Waals surface area contributed by atoms with Crippen molar-refractivity contribution in [2.75, 3.05) is 6.61 Å². The van der Waals surface area contributed by atoms with Crippen LogP contribution in [0.25, 0.3) is 0 Å². The maximum absolute atomic E-state index is 8.94. The van der Waals surface area contributed by atoms with Gasteiger partial charge in [-0.1, -0.05) is 37.0 Å². The molecular weight excluding hydrogens is 164 g/mol. The van der Waals surface area contributed by atoms with Gasteiger partial charge >= 0.3 is 0 Å². The van der Waals surface area contributed by atoms with E-state index in [4.69, 9.17) is 5.11 Å². The van der Waals surface area contributed by atoms with Crippen LogP contribution in [0.5, 0.6) is 0 Å². The zero-order chi connectivity index (χ0) is 9.78. The van der Waals surface area contributed by atoms with E-state index in [1.807, 2.05) is 0 Å². The van der Waals surface area contributed by atoms with Crippen molar-refractivity contribution in [2.45, 2.75) is 26.6 Å². The number of rotatable bonds is 4. The first-order valence-corrected chi connectivity index (χ1v) is 7.84. The molecule has 12 heavy (non-hydrogen) atoms. The molecule has 0 aromatic heterocycles. The van der Waals surface area contributed by atoms with Gasteiger partial charge in [0.15, 0.2) is 0 Å². The summed E-state index contributed by atoms with van der Waals surface area (Å²) in [4.78, 5) is 0. The van der Waals surface area contributed by atoms with Gasteiger partial charge in [0.2, 0.25) is 0 Å². The molecule has 0 saturated carbocycles. The van der Waals surface area contributed by atoms with E-state index in [2.05, 4.69) is 39.2 Å². The third-order valence-electron chi connectivity index (χ3n) is 2.16. The van der Waals surface area contributed by atoms with E-state index in [-0.39, 0.29) is 12.5 Å². The average molecular weight is 184 g/mol. The molecule has 1 atom stereocenters. The number of aliphatic hydroxyl groups is 1. The lowest BCUT2D eigenvalue weighted by Gasteiger charge is -2.18. The van der Waals surface area contributed by atoms with Crippen LogP contribution in [0.3, 0.4) is 0 Å². The fourth-order valence-corrected chi connectivity index (χ4v) is 1.48. The zero-order valence-corrected chi connectivity index (χ0v) is 9.59. The van der Waals surface area contributed by atoms with Gasteiger partial charge in [-0.2, -0.15) is 0 Å². The number of hydrogen-bond acceptors (Lipinski definition) is 1. The Bertz CT molecular complexity index is 177. The second-order valence-electron chi connectivity index (χ2n) is 4.18. The molecule has 1 N–H and O–H groups in total. The summed E-state index contributed by atoms with van der Waals surface area (Å²) in [6.07, 6.45) is 3.93. The van der Waals surface area contributed by atoms with Gasteiger partial charge in [0, 0.05) is 5.92 Å². The first-order chi connectivity index (χ1) is 5.41. The monoisotopic (exact) mass is 184 g/mol. The Kier molecular flexibility index (Phi) is 4.49. The van der Waals surface area contributed by atoms with Crippen LogP contribution in [0.2, 0.25) is 19.6 Å². The van der Waals surface area contributed by atoms with Crippen LogP contribution in [0.15, 0.2) is 23.9 Å². The fourth-order valence-electron chi connectivity index (χ4n) is 0.766. The number of aliphatic hydroxyl groups excluding tert-OH is 1. The minimum Gasteiger partial charge on any atom is -0.395 e. The molecule has 0 aliphatic rings. The minimum absolute atomic E-state index is 0.136. The van der Waals surface area contributed by atoms with E-state index in [9.17, 15) is 0 Å². The zero-order valence-electron chi connectivity index (χ0n) is 8.59. The van der Waals surface area contributed by atoms with Crippen LogP contribution in [0, 0.1) is 5.92 Å². The lowest BCUT2D eigenvalue weighted by atomic mass is 10.1. The first-order valence-electron chi connectivity index (χ1n) is 4.34. The molecule has 0 heterocycles. The topological polar surface area (TPSA) is 20.2 Å². The van der Waals surface area contributed by atoms with Gasteiger partial charge in [-0.05, 0) is 6.92 Å². The van der Waals surface area contributed by atoms with Crippen LogP contribution in [0.4, 0.5) is 0 Å². The van der Waals surface area contributed by atoms with E-state index in [1.165, 1.54) is 5.20 Å². The lowest BCUT2D eigenvalue weighted by molar-refractivity contribution is 0.274. The van der Waals surface area contributed by atoms with Crippen molar-refractivity contribution in [3.05, 3.63) is 23.9 Å². The highest BCUT2D eigenvalue weighted by atomic mass is 28.3. The van der Waals surface area contributed by atoms with Crippen molar-refractivity contribution in [1.82, 2.24) is 0 Å². The van der Waals surface area contributed by atoms with E-state index < -0.39 is 8.07 Å². The molecule has 0 aromatic carbocycles. The molecule has 0 amide bonds. The summed E-state index contributed by atoms with van der Waals surface area (Å²) in [7, 11) is -1.15. The van der Waals surface area contributed by atoms with E-state index >= 15 is 0 Å². The van der Waals surface area contributed by atoms with Gasteiger partial charge in [0.1, 0.15) is 0 Å². The molecule has 0 radical (unpaired) electrons. The Morgan fingerprint density at radius 1 is 1.50 bits per heavy atom. The highest BCUT2D eigenvalue weighted by Gasteiger charge is 2.15. The van der Waals surface area contributed by atoms with Crippen molar-refractivity contribution in [3.63, 3.8) is 0 Å². The van der Waals surface area contributed by atoms with Crippen LogP contribution in [0.1, 0.15) is 6.92 Å². The highest BCUT2D eigenvalue weighted by molar-refractivity contribution is 6.82. The van der Waals surface area contributed by atoms with Crippen molar-refractivity contribution >= 4 is 8.07 Å². The Morgan fingerprint density at radius 2 is 2.00 bits per heavy atom. The van der Waals surface area contributed by atoms with E-state index in [1.54, 1.807) is 6.08 Å². The Labute approximate surface area is 76.8 Å². The molecule has 0 rings (SSSR count). The van der Waals surface area contributed by atoms with Crippen molar-refractivity contribution in [2.24, 2.45) is 5.92 Å². The Hall–Kier alpha value is -0.343. The molecule has 0 bridgehead atoms. The second kappa shape index (κ2) is 4.63. The summed E-state index contributed by atoms with van der Waals surface area (Å²) in [5, 5.41) is 10.4. The third-order valence-corrected chi connectivity index (χ3v) is 4.69. The molecule has 2 heteroatoms. The predicted molar refractivity (Wildman–Crippen MR) is 57.9 cm³/mol. The highest BCUT2D eigenvalue weighted by Crippen LogP contribution is 2.16. The summed E-state index contributed by atoms with van der Waals surface area (Å²) in [5.41, 5.74) is 0. The fraction of sp³-hybridized carbons (Fsp3) is 0.600. The summed E-state index contributed by atoms with van der Waals surface area (Å²) < 4.78 is 0. The maximum atomic E-state index is 8.94. The number of hydrogen-bond donors (Lipinski definition) is 1. The molecule has 0 aromatic rings. The summed E-state index contributed by atoms with van der Waals surface area (Å²) in [6.45, 7) is 12.9. The van der Waals surface area contributed by atoms with Gasteiger partial charge in [0.25, 0.3) is 0 Å². The standard InChI is InChI=1S/C10H20OSi/c1-6-10(8-11)7-9(2)12(3,4)5/h6-7,10-11H,1,8H2,2-5H3/b9-7+. The SMILES string of the molecule is C=CC(/C=C(\C)[Si](C)(C)C)CO. The van der Waals surface area contributed by atoms with Crippen molar-refractivity contribution < 1.29 is 5.11 Å². The molecule has 0 fully saturated rings. The summed E-state index contributed by atoms with van der Waals surface area (Å²) in [5.74, 6) is 0.136. The molecule has 0 aliphatic carbocycles. The van der Waals surface area contributed by atoms with E-state index in [0.29, 0.717) is 0 Å². The molecule has 0 saturated heterocycles. The molecule has 70 valence electrons. The van der Waals surface area contributed by atoms with Gasteiger partial charge in [-0.15, -0.1) is 6.58 Å². The van der Waals surface area contributed by atoms with Crippen molar-refractivity contribution in [3.8, 4) is 0 Å². The second-order valence-corrected chi connectivity index (χ2v) is 9.47. The maximum Gasteiger partial charge on any atom is 0.0716 e. The van der Waals surface area contributed by atoms with Gasteiger partial charge in [-0.25, -0.2) is 0 Å². The summed E-state index contributed by atoms with van der Waals surface area (Å²) >= 11 is 0. The summed E-state index contributed by atoms with van der Waals surface area (Å²) in [6, 6.07) is 0. The lowest BCUT2D eigenvalue weighted by Crippen LogP contribution is -2.23. The third kappa shape index (κ3) is 3.88. The largest absolute Gasteiger partial charge is 0.395 e. The smallest absolute Gasteiger partial charge is 0.0716 e. The van der Waals surface area contributed by atoms with Crippen molar-refractivity contribution in [1.29, 1.82) is 0 Å². The Balaban J connectivity index is 4.43. The van der Waals surface area contributed by atoms with Crippen LogP contribution >= 0.6 is 0 Å². The van der Waals surface area contributed by atoms with Crippen LogP contribution in [-0.4, -0.2) is 19.8 Å². The molecule has 1 nitrogen and oxygen atoms in total. The molecule has 0 aliphatic heterocycles. The number of allylic oxidation sites excluding steroid dienone is 1. The average Bonchev–Trinajstić information content (AvgIpc) is 1.97. The van der Waals surface area contributed by atoms with Gasteiger partial charge in [-0.3, -0.25) is 0 Å². The van der Waals surface area contributed by atoms with E-state index in [0.717, 1.165) is 0 Å². The molecule has 1 unspecified atom stereocenters. The van der Waals surface area contributed by atoms with Gasteiger partial charge in [0.05, 0.1) is 14.7 Å².